The first-order valence-corrected chi connectivity index (χ1v) is 8.86. The van der Waals surface area contributed by atoms with Gasteiger partial charge in [-0.2, -0.15) is 0 Å². The fraction of sp³-hybridized carbons (Fsp3) is 0.118. The second kappa shape index (κ2) is 6.86. The van der Waals surface area contributed by atoms with Gasteiger partial charge in [-0.15, -0.1) is 0 Å². The van der Waals surface area contributed by atoms with Gasteiger partial charge >= 0.3 is 0 Å². The first kappa shape index (κ1) is 16.9. The molecule has 5 nitrogen and oxygen atoms in total. The number of nitrogens with zero attached hydrogens (tertiary/aromatic N) is 1. The minimum atomic E-state index is -0.443. The van der Waals surface area contributed by atoms with Crippen LogP contribution in [-0.4, -0.2) is 4.92 Å². The van der Waals surface area contributed by atoms with E-state index in [1.165, 1.54) is 18.2 Å². The summed E-state index contributed by atoms with van der Waals surface area (Å²) in [7, 11) is 0. The summed E-state index contributed by atoms with van der Waals surface area (Å²) in [5.41, 5.74) is 1.27. The number of halogens is 2. The van der Waals surface area contributed by atoms with Crippen molar-refractivity contribution < 1.29 is 9.34 Å². The Kier molecular flexibility index (Phi) is 4.82. The number of alkyl halides is 2. The molecule has 1 heterocycles. The molecule has 3 rings (SSSR count). The quantitative estimate of drug-likeness (QED) is 0.307. The predicted molar refractivity (Wildman–Crippen MR) is 98.9 cm³/mol. The zero-order valence-corrected chi connectivity index (χ0v) is 15.4. The molecule has 1 aromatic heterocycles. The summed E-state index contributed by atoms with van der Waals surface area (Å²) in [5, 5.41) is 11.3. The average molecular weight is 453 g/mol. The van der Waals surface area contributed by atoms with E-state index < -0.39 is 4.92 Å². The Hall–Kier alpha value is -1.99. The molecule has 0 aliphatic heterocycles. The highest BCUT2D eigenvalue weighted by molar-refractivity contribution is 9.12. The van der Waals surface area contributed by atoms with Crippen molar-refractivity contribution in [3.63, 3.8) is 0 Å². The molecule has 2 aromatic carbocycles. The maximum atomic E-state index is 12.2. The molecule has 0 saturated carbocycles. The molecule has 122 valence electrons. The van der Waals surface area contributed by atoms with Crippen molar-refractivity contribution in [3.05, 3.63) is 86.3 Å². The van der Waals surface area contributed by atoms with Gasteiger partial charge in [-0.05, 0) is 17.7 Å². The van der Waals surface area contributed by atoms with E-state index >= 15 is 0 Å². The number of hydrogen-bond acceptors (Lipinski definition) is 4. The standard InChI is InChI=1S/C17H11Br2NO4/c18-16(10-5-7-11(8-6-10)20(22)23)17(19)15-9-13(21)12-3-1-2-4-14(12)24-15/h1-9,16-17H/t16-,17+/m1/s1. The number of para-hydroxylation sites is 1. The van der Waals surface area contributed by atoms with Crippen LogP contribution < -0.4 is 5.43 Å². The lowest BCUT2D eigenvalue weighted by atomic mass is 10.1. The summed E-state index contributed by atoms with van der Waals surface area (Å²) in [6.07, 6.45) is 0. The van der Waals surface area contributed by atoms with Crippen LogP contribution in [0.1, 0.15) is 21.0 Å². The smallest absolute Gasteiger partial charge is 0.269 e. The lowest BCUT2D eigenvalue weighted by molar-refractivity contribution is -0.384. The third-order valence-electron chi connectivity index (χ3n) is 3.60. The average Bonchev–Trinajstić information content (AvgIpc) is 2.60. The molecule has 0 unspecified atom stereocenters. The molecule has 7 heteroatoms. The fourth-order valence-corrected chi connectivity index (χ4v) is 3.45. The number of benzene rings is 2. The second-order valence-electron chi connectivity index (χ2n) is 5.16. The molecule has 0 spiro atoms. The number of fused-ring (bicyclic) bond motifs is 1. The van der Waals surface area contributed by atoms with Crippen LogP contribution in [0.4, 0.5) is 5.69 Å². The first-order valence-electron chi connectivity index (χ1n) is 7.02. The molecule has 0 saturated heterocycles. The maximum absolute atomic E-state index is 12.2. The molecular formula is C17H11Br2NO4. The molecule has 0 aliphatic carbocycles. The number of non-ortho nitro benzene ring substituents is 1. The van der Waals surface area contributed by atoms with E-state index in [4.69, 9.17) is 4.42 Å². The van der Waals surface area contributed by atoms with Crippen molar-refractivity contribution in [2.24, 2.45) is 0 Å². The van der Waals surface area contributed by atoms with Crippen LogP contribution in [0.15, 0.2) is 63.8 Å². The van der Waals surface area contributed by atoms with Crippen LogP contribution in [0.2, 0.25) is 0 Å². The van der Waals surface area contributed by atoms with Gasteiger partial charge in [-0.25, -0.2) is 0 Å². The largest absolute Gasteiger partial charge is 0.460 e. The van der Waals surface area contributed by atoms with Gasteiger partial charge in [-0.1, -0.05) is 56.1 Å². The second-order valence-corrected chi connectivity index (χ2v) is 7.13. The summed E-state index contributed by atoms with van der Waals surface area (Å²) < 4.78 is 5.82. The number of rotatable bonds is 4. The minimum Gasteiger partial charge on any atom is -0.460 e. The fourth-order valence-electron chi connectivity index (χ4n) is 2.35. The van der Waals surface area contributed by atoms with Crippen molar-refractivity contribution in [3.8, 4) is 0 Å². The van der Waals surface area contributed by atoms with Crippen molar-refractivity contribution in [2.75, 3.05) is 0 Å². The normalized spacial score (nSPS) is 13.6. The van der Waals surface area contributed by atoms with Gasteiger partial charge in [0.1, 0.15) is 11.3 Å². The van der Waals surface area contributed by atoms with Gasteiger partial charge in [0.15, 0.2) is 5.43 Å². The highest BCUT2D eigenvalue weighted by Crippen LogP contribution is 2.42. The maximum Gasteiger partial charge on any atom is 0.269 e. The van der Waals surface area contributed by atoms with Crippen molar-refractivity contribution in [2.45, 2.75) is 9.65 Å². The van der Waals surface area contributed by atoms with Gasteiger partial charge in [0.2, 0.25) is 0 Å². The zero-order chi connectivity index (χ0) is 17.3. The molecule has 3 aromatic rings. The van der Waals surface area contributed by atoms with Crippen molar-refractivity contribution >= 4 is 48.5 Å². The van der Waals surface area contributed by atoms with Crippen molar-refractivity contribution in [1.29, 1.82) is 0 Å². The van der Waals surface area contributed by atoms with Crippen LogP contribution in [0.3, 0.4) is 0 Å². The van der Waals surface area contributed by atoms with Crippen molar-refractivity contribution in [1.82, 2.24) is 0 Å². The van der Waals surface area contributed by atoms with Crippen LogP contribution in [0.5, 0.6) is 0 Å². The Bertz CT molecular complexity index is 953. The van der Waals surface area contributed by atoms with Gasteiger partial charge in [0.05, 0.1) is 20.0 Å². The van der Waals surface area contributed by atoms with E-state index in [1.54, 1.807) is 36.4 Å². The first-order chi connectivity index (χ1) is 11.5. The Labute approximate surface area is 153 Å². The molecular weight excluding hydrogens is 442 g/mol. The lowest BCUT2D eigenvalue weighted by Gasteiger charge is -2.16. The number of hydrogen-bond donors (Lipinski definition) is 0. The molecule has 0 radical (unpaired) electrons. The van der Waals surface area contributed by atoms with Gasteiger partial charge in [0.25, 0.3) is 5.69 Å². The summed E-state index contributed by atoms with van der Waals surface area (Å²) in [6.45, 7) is 0. The monoisotopic (exact) mass is 451 g/mol. The van der Waals surface area contributed by atoms with Crippen LogP contribution in [0.25, 0.3) is 11.0 Å². The van der Waals surface area contributed by atoms with E-state index in [2.05, 4.69) is 31.9 Å². The SMILES string of the molecule is O=c1cc([C@H](Br)[C@H](Br)c2ccc([N+](=O)[O-])cc2)oc2ccccc12. The third kappa shape index (κ3) is 3.27. The van der Waals surface area contributed by atoms with E-state index in [9.17, 15) is 14.9 Å². The Morgan fingerprint density at radius 2 is 1.67 bits per heavy atom. The highest BCUT2D eigenvalue weighted by Gasteiger charge is 2.23. The molecule has 0 aliphatic rings. The molecule has 0 bridgehead atoms. The molecule has 2 atom stereocenters. The summed E-state index contributed by atoms with van der Waals surface area (Å²) >= 11 is 7.10. The molecule has 0 amide bonds. The number of nitro benzene ring substituents is 1. The Morgan fingerprint density at radius 3 is 2.33 bits per heavy atom. The lowest BCUT2D eigenvalue weighted by Crippen LogP contribution is -2.06. The summed E-state index contributed by atoms with van der Waals surface area (Å²) in [4.78, 5) is 22.0. The van der Waals surface area contributed by atoms with Crippen LogP contribution in [-0.2, 0) is 0 Å². The number of nitro groups is 1. The van der Waals surface area contributed by atoms with E-state index in [0.717, 1.165) is 5.56 Å². The van der Waals surface area contributed by atoms with Gasteiger partial charge in [0, 0.05) is 18.2 Å². The minimum absolute atomic E-state index is 0.0295. The predicted octanol–water partition coefficient (Wildman–Crippen LogP) is 5.27. The Balaban J connectivity index is 1.94. The third-order valence-corrected chi connectivity index (χ3v) is 6.35. The molecule has 0 N–H and O–H groups in total. The molecule has 24 heavy (non-hydrogen) atoms. The van der Waals surface area contributed by atoms with Gasteiger partial charge in [-0.3, -0.25) is 14.9 Å². The van der Waals surface area contributed by atoms with Crippen LogP contribution >= 0.6 is 31.9 Å². The summed E-state index contributed by atoms with van der Waals surface area (Å²) in [5.74, 6) is 0.485. The zero-order valence-electron chi connectivity index (χ0n) is 12.2. The Morgan fingerprint density at radius 1 is 1.00 bits per heavy atom. The highest BCUT2D eigenvalue weighted by atomic mass is 79.9. The molecule has 0 fully saturated rings. The topological polar surface area (TPSA) is 73.3 Å². The van der Waals surface area contributed by atoms with E-state index in [0.29, 0.717) is 16.7 Å². The van der Waals surface area contributed by atoms with E-state index in [1.807, 2.05) is 0 Å². The summed E-state index contributed by atoms with van der Waals surface area (Å²) in [6, 6.07) is 14.7. The van der Waals surface area contributed by atoms with E-state index in [-0.39, 0.29) is 20.8 Å². The van der Waals surface area contributed by atoms with Crippen LogP contribution in [0, 0.1) is 10.1 Å². The van der Waals surface area contributed by atoms with Gasteiger partial charge < -0.3 is 4.42 Å².